The van der Waals surface area contributed by atoms with Crippen LogP contribution in [0.1, 0.15) is 44.7 Å². The lowest BCUT2D eigenvalue weighted by Gasteiger charge is -2.43. The van der Waals surface area contributed by atoms with Crippen molar-refractivity contribution in [2.45, 2.75) is 51.7 Å². The number of aryl methyl sites for hydroxylation is 1. The van der Waals surface area contributed by atoms with Gasteiger partial charge in [0.2, 0.25) is 0 Å². The Balaban J connectivity index is 2.16. The van der Waals surface area contributed by atoms with Crippen LogP contribution in [0.5, 0.6) is 0 Å². The highest BCUT2D eigenvalue weighted by molar-refractivity contribution is 6.30. The quantitative estimate of drug-likeness (QED) is 0.659. The van der Waals surface area contributed by atoms with Gasteiger partial charge in [-0.25, -0.2) is 4.39 Å². The zero-order valence-corrected chi connectivity index (χ0v) is 16.8. The van der Waals surface area contributed by atoms with Crippen LogP contribution >= 0.6 is 11.6 Å². The number of hydrogen-bond acceptors (Lipinski definition) is 3. The lowest BCUT2D eigenvalue weighted by atomic mass is 9.73. The van der Waals surface area contributed by atoms with Crippen molar-refractivity contribution in [1.29, 1.82) is 0 Å². The van der Waals surface area contributed by atoms with Crippen molar-refractivity contribution in [2.75, 3.05) is 0 Å². The number of halogens is 2. The second-order valence-electron chi connectivity index (χ2n) is 7.98. The van der Waals surface area contributed by atoms with E-state index in [1.54, 1.807) is 58.0 Å². The molecule has 5 heteroatoms. The van der Waals surface area contributed by atoms with Crippen molar-refractivity contribution in [3.8, 4) is 11.1 Å². The van der Waals surface area contributed by atoms with E-state index in [-0.39, 0.29) is 11.6 Å². The number of Topliss-reactive ketones (excluding diaryl/α,β-unsaturated/α-hetero) is 2. The molecule has 1 aliphatic rings. The van der Waals surface area contributed by atoms with Crippen molar-refractivity contribution in [3.63, 3.8) is 0 Å². The molecule has 0 saturated carbocycles. The van der Waals surface area contributed by atoms with Gasteiger partial charge in [0.1, 0.15) is 22.9 Å². The summed E-state index contributed by atoms with van der Waals surface area (Å²) < 4.78 is 20.1. The molecule has 0 bridgehead atoms. The minimum atomic E-state index is -1.09. The van der Waals surface area contributed by atoms with Crippen LogP contribution in [0.4, 0.5) is 4.39 Å². The van der Waals surface area contributed by atoms with E-state index in [0.29, 0.717) is 21.7 Å². The maximum atomic E-state index is 14.4. The van der Waals surface area contributed by atoms with E-state index in [1.165, 1.54) is 6.07 Å². The largest absolute Gasteiger partial charge is 0.354 e. The summed E-state index contributed by atoms with van der Waals surface area (Å²) >= 11 is 5.84. The molecule has 142 valence electrons. The van der Waals surface area contributed by atoms with Crippen LogP contribution in [0.2, 0.25) is 5.02 Å². The third-order valence-corrected chi connectivity index (χ3v) is 5.29. The number of ether oxygens (including phenoxy) is 1. The summed E-state index contributed by atoms with van der Waals surface area (Å²) in [6, 6.07) is 9.74. The molecule has 0 amide bonds. The van der Waals surface area contributed by atoms with Gasteiger partial charge in [-0.1, -0.05) is 23.7 Å². The molecule has 1 fully saturated rings. The SMILES string of the molecule is Cc1ccc(-c2ccc(Cl)cc2F)cc1C1C(=O)C(C)(C)OC(C)(C)C1=O. The maximum absolute atomic E-state index is 14.4. The van der Waals surface area contributed by atoms with Gasteiger partial charge >= 0.3 is 0 Å². The van der Waals surface area contributed by atoms with E-state index in [9.17, 15) is 14.0 Å². The number of benzene rings is 2. The number of rotatable bonds is 2. The van der Waals surface area contributed by atoms with Gasteiger partial charge in [-0.2, -0.15) is 0 Å². The zero-order chi connectivity index (χ0) is 20.1. The second kappa shape index (κ2) is 6.54. The molecule has 3 nitrogen and oxygen atoms in total. The van der Waals surface area contributed by atoms with E-state index in [4.69, 9.17) is 16.3 Å². The first kappa shape index (κ1) is 19.7. The molecule has 0 aliphatic carbocycles. The highest BCUT2D eigenvalue weighted by atomic mass is 35.5. The van der Waals surface area contributed by atoms with Gasteiger partial charge < -0.3 is 4.74 Å². The Morgan fingerprint density at radius 2 is 1.56 bits per heavy atom. The lowest BCUT2D eigenvalue weighted by Crippen LogP contribution is -2.58. The number of ketones is 2. The molecule has 0 radical (unpaired) electrons. The van der Waals surface area contributed by atoms with Gasteiger partial charge in [0.25, 0.3) is 0 Å². The summed E-state index contributed by atoms with van der Waals surface area (Å²) in [5.41, 5.74) is 0.166. The Bertz CT molecular complexity index is 921. The van der Waals surface area contributed by atoms with Crippen LogP contribution in [-0.2, 0) is 14.3 Å². The number of hydrogen-bond donors (Lipinski definition) is 0. The minimum Gasteiger partial charge on any atom is -0.354 e. The fourth-order valence-corrected chi connectivity index (χ4v) is 3.84. The van der Waals surface area contributed by atoms with Gasteiger partial charge in [-0.15, -0.1) is 0 Å². The highest BCUT2D eigenvalue weighted by Crippen LogP contribution is 2.40. The molecule has 0 aromatic heterocycles. The van der Waals surface area contributed by atoms with Gasteiger partial charge in [-0.05, 0) is 75.6 Å². The van der Waals surface area contributed by atoms with Crippen LogP contribution in [0.15, 0.2) is 36.4 Å². The molecule has 1 saturated heterocycles. The Morgan fingerprint density at radius 1 is 0.963 bits per heavy atom. The van der Waals surface area contributed by atoms with Crippen molar-refractivity contribution in [1.82, 2.24) is 0 Å². The minimum absolute atomic E-state index is 0.288. The van der Waals surface area contributed by atoms with Gasteiger partial charge in [0.15, 0.2) is 11.6 Å². The summed E-state index contributed by atoms with van der Waals surface area (Å²) in [5, 5.41) is 0.307. The van der Waals surface area contributed by atoms with Crippen LogP contribution in [0.3, 0.4) is 0 Å². The molecule has 1 heterocycles. The summed E-state index contributed by atoms with van der Waals surface area (Å²) in [6.45, 7) is 8.54. The van der Waals surface area contributed by atoms with Crippen LogP contribution in [0, 0.1) is 12.7 Å². The molecule has 2 aromatic rings. The Labute approximate surface area is 163 Å². The molecular weight excluding hydrogens is 367 g/mol. The first-order valence-corrected chi connectivity index (χ1v) is 9.16. The molecular formula is C22H22ClFO3. The van der Waals surface area contributed by atoms with Crippen molar-refractivity contribution >= 4 is 23.2 Å². The third kappa shape index (κ3) is 3.44. The van der Waals surface area contributed by atoms with Crippen molar-refractivity contribution in [2.24, 2.45) is 0 Å². The molecule has 0 atom stereocenters. The number of carbonyl (C=O) groups is 2. The van der Waals surface area contributed by atoms with E-state index in [2.05, 4.69) is 0 Å². The van der Waals surface area contributed by atoms with E-state index >= 15 is 0 Å². The molecule has 1 aliphatic heterocycles. The van der Waals surface area contributed by atoms with Gasteiger partial charge in [-0.3, -0.25) is 9.59 Å². The van der Waals surface area contributed by atoms with Crippen molar-refractivity contribution < 1.29 is 18.7 Å². The molecule has 2 aromatic carbocycles. The Hall–Kier alpha value is -2.04. The average molecular weight is 389 g/mol. The number of carbonyl (C=O) groups excluding carboxylic acids is 2. The predicted molar refractivity (Wildman–Crippen MR) is 104 cm³/mol. The first-order chi connectivity index (χ1) is 12.4. The normalized spacial score (nSPS) is 19.4. The van der Waals surface area contributed by atoms with Crippen LogP contribution in [-0.4, -0.2) is 22.8 Å². The molecule has 0 N–H and O–H groups in total. The summed E-state index contributed by atoms with van der Waals surface area (Å²) in [7, 11) is 0. The fraction of sp³-hybridized carbons (Fsp3) is 0.364. The molecule has 27 heavy (non-hydrogen) atoms. The topological polar surface area (TPSA) is 43.4 Å². The maximum Gasteiger partial charge on any atom is 0.179 e. The Morgan fingerprint density at radius 3 is 2.11 bits per heavy atom. The monoisotopic (exact) mass is 388 g/mol. The van der Waals surface area contributed by atoms with Gasteiger partial charge in [0.05, 0.1) is 0 Å². The highest BCUT2D eigenvalue weighted by Gasteiger charge is 2.53. The smallest absolute Gasteiger partial charge is 0.179 e. The fourth-order valence-electron chi connectivity index (χ4n) is 3.68. The van der Waals surface area contributed by atoms with Crippen LogP contribution in [0.25, 0.3) is 11.1 Å². The molecule has 0 spiro atoms. The zero-order valence-electron chi connectivity index (χ0n) is 16.0. The average Bonchev–Trinajstić information content (AvgIpc) is 2.55. The van der Waals surface area contributed by atoms with E-state index in [0.717, 1.165) is 5.56 Å². The summed E-state index contributed by atoms with van der Waals surface area (Å²) in [4.78, 5) is 26.0. The van der Waals surface area contributed by atoms with E-state index < -0.39 is 22.9 Å². The van der Waals surface area contributed by atoms with Crippen LogP contribution < -0.4 is 0 Å². The first-order valence-electron chi connectivity index (χ1n) is 8.79. The lowest BCUT2D eigenvalue weighted by molar-refractivity contribution is -0.184. The molecule has 0 unspecified atom stereocenters. The second-order valence-corrected chi connectivity index (χ2v) is 8.42. The van der Waals surface area contributed by atoms with Crippen molar-refractivity contribution in [3.05, 3.63) is 58.4 Å². The summed E-state index contributed by atoms with van der Waals surface area (Å²) in [5.74, 6) is -1.98. The third-order valence-electron chi connectivity index (χ3n) is 5.05. The Kier molecular flexibility index (Phi) is 4.77. The summed E-state index contributed by atoms with van der Waals surface area (Å²) in [6.07, 6.45) is 0. The van der Waals surface area contributed by atoms with E-state index in [1.807, 2.05) is 6.92 Å². The van der Waals surface area contributed by atoms with Gasteiger partial charge in [0, 0.05) is 10.6 Å². The molecule has 3 rings (SSSR count). The predicted octanol–water partition coefficient (Wildman–Crippen LogP) is 5.26. The standard InChI is InChI=1S/C22H22ClFO3/c1-12-6-7-13(15-9-8-14(23)11-17(15)24)10-16(12)18-19(25)21(2,3)27-22(4,5)20(18)26/h6-11,18H,1-5H3.